The van der Waals surface area contributed by atoms with E-state index in [1.807, 2.05) is 97.4 Å². The molecule has 434 valence electrons. The van der Waals surface area contributed by atoms with E-state index in [0.29, 0.717) is 6.79 Å². The lowest BCUT2D eigenvalue weighted by Gasteiger charge is -2.26. The van der Waals surface area contributed by atoms with Gasteiger partial charge in [0.25, 0.3) is 0 Å². The Morgan fingerprint density at radius 1 is 0.312 bits per heavy atom. The van der Waals surface area contributed by atoms with E-state index < -0.39 is 0 Å². The zero-order valence-corrected chi connectivity index (χ0v) is 50.0. The molecule has 0 bridgehead atoms. The van der Waals surface area contributed by atoms with Gasteiger partial charge in [-0.15, -0.1) is 0 Å². The molecule has 12 heteroatoms. The van der Waals surface area contributed by atoms with Crippen LogP contribution < -0.4 is 18.9 Å². The Bertz CT molecular complexity index is 1970. The predicted octanol–water partition coefficient (Wildman–Crippen LogP) is 15.7. The first-order valence-corrected chi connectivity index (χ1v) is 25.3. The molecule has 7 aromatic rings. The van der Waals surface area contributed by atoms with E-state index in [4.69, 9.17) is 18.9 Å². The first kappa shape index (κ1) is 82.4. The maximum atomic E-state index is 5.20. The van der Waals surface area contributed by atoms with E-state index >= 15 is 0 Å². The molecule has 7 rings (SSSR count). The first-order valence-electron chi connectivity index (χ1n) is 23.6. The Hall–Kier alpha value is -5.93. The third-order valence-electron chi connectivity index (χ3n) is 8.91. The molecule has 0 saturated heterocycles. The lowest BCUT2D eigenvalue weighted by atomic mass is 9.78. The molecule has 0 atom stereocenters. The lowest BCUT2D eigenvalue weighted by molar-refractivity contribution is -0.00272. The maximum Gasteiger partial charge on any atom is 0.145 e. The van der Waals surface area contributed by atoms with E-state index in [9.17, 15) is 0 Å². The van der Waals surface area contributed by atoms with E-state index in [1.54, 1.807) is 126 Å². The van der Waals surface area contributed by atoms with Gasteiger partial charge in [-0.2, -0.15) is 11.8 Å². The molecule has 0 saturated carbocycles. The molecule has 0 heterocycles. The van der Waals surface area contributed by atoms with Crippen molar-refractivity contribution >= 4 is 22.5 Å². The summed E-state index contributed by atoms with van der Waals surface area (Å²) in [5.41, 5.74) is 5.03. The maximum absolute atomic E-state index is 5.20. The normalized spacial score (nSPS) is 8.83. The number of thioether (sulfide) groups is 1. The largest absolute Gasteiger partial charge is 0.497 e. The highest BCUT2D eigenvalue weighted by molar-refractivity contribution is 7.97. The second kappa shape index (κ2) is 60.9. The Balaban J connectivity index is -0.000000197. The molecule has 0 amide bonds. The van der Waals surface area contributed by atoms with Crippen molar-refractivity contribution in [3.63, 3.8) is 0 Å². The van der Waals surface area contributed by atoms with Crippen molar-refractivity contribution in [2.75, 3.05) is 133 Å². The lowest BCUT2D eigenvalue weighted by Crippen LogP contribution is -2.18. The standard InChI is InChI=1S/C17H20O2.C15H16O2.C10H8.C6H6.C3H8O2.5C2H6O.C2H6S.2CH4/c1-17(2,13-5-9-15(18-3)10-6-13)14-7-11-16(19-4)12-8-14;1-16-14-7-3-12(4-8-14)11-13-5-9-15(17-2)10-6-13;1-2-6-10-8-4-3-7-9(10)5-1;1-2-4-6-5-3-1;1-4-3-5-2;6*1-3-2;;/h5-12H,1-4H3;3-10H,11H2,1-2H3;1-8H;1-6H;3H2,1-2H3;6*1-2H3;2*1H4. The van der Waals surface area contributed by atoms with Gasteiger partial charge in [-0.05, 0) is 100 Å². The summed E-state index contributed by atoms with van der Waals surface area (Å²) in [4.78, 5) is 0. The molecule has 11 nitrogen and oxygen atoms in total. The smallest absolute Gasteiger partial charge is 0.145 e. The molecule has 0 fully saturated rings. The molecule has 77 heavy (non-hydrogen) atoms. The number of fused-ring (bicyclic) bond motifs is 1. The fraction of sp³-hybridized carbons (Fsp3) is 0.385. The third kappa shape index (κ3) is 45.9. The van der Waals surface area contributed by atoms with Crippen LogP contribution in [0, 0.1) is 0 Å². The van der Waals surface area contributed by atoms with Gasteiger partial charge in [0.05, 0.1) is 28.4 Å². The van der Waals surface area contributed by atoms with Crippen LogP contribution in [0.2, 0.25) is 0 Å². The minimum atomic E-state index is -0.0431. The fourth-order valence-electron chi connectivity index (χ4n) is 5.54. The Kier molecular flexibility index (Phi) is 65.2. The van der Waals surface area contributed by atoms with Crippen LogP contribution in [0.4, 0.5) is 0 Å². The molecular formula is C65H102O11S. The van der Waals surface area contributed by atoms with Crippen LogP contribution in [-0.4, -0.2) is 133 Å². The summed E-state index contributed by atoms with van der Waals surface area (Å²) >= 11 is 1.75. The molecule has 0 unspecified atom stereocenters. The number of benzene rings is 7. The van der Waals surface area contributed by atoms with Crippen molar-refractivity contribution in [2.45, 2.75) is 40.5 Å². The van der Waals surface area contributed by atoms with Crippen molar-refractivity contribution in [3.8, 4) is 23.0 Å². The van der Waals surface area contributed by atoms with Gasteiger partial charge < -0.3 is 52.1 Å². The van der Waals surface area contributed by atoms with Gasteiger partial charge in [0, 0.05) is 90.7 Å². The number of rotatable bonds is 10. The van der Waals surface area contributed by atoms with Crippen molar-refractivity contribution in [1.82, 2.24) is 0 Å². The minimum absolute atomic E-state index is 0. The van der Waals surface area contributed by atoms with E-state index in [-0.39, 0.29) is 20.3 Å². The summed E-state index contributed by atoms with van der Waals surface area (Å²) in [6, 6.07) is 61.5. The van der Waals surface area contributed by atoms with Crippen molar-refractivity contribution < 1.29 is 52.1 Å². The van der Waals surface area contributed by atoms with Gasteiger partial charge >= 0.3 is 0 Å². The SMILES string of the molecule is C.C.COC.COC.COC.COC.COC.COCOC.COc1ccc(C(C)(C)c2ccc(OC)cc2)cc1.COc1ccc(Cc2ccc(OC)cc2)cc1.CSC.c1ccc2ccccc2c1.c1ccccc1. The van der Waals surface area contributed by atoms with Crippen LogP contribution in [0.1, 0.15) is 51.0 Å². The van der Waals surface area contributed by atoms with Gasteiger partial charge in [0.2, 0.25) is 0 Å². The van der Waals surface area contributed by atoms with Gasteiger partial charge in [-0.25, -0.2) is 0 Å². The van der Waals surface area contributed by atoms with E-state index in [1.165, 1.54) is 33.0 Å². The van der Waals surface area contributed by atoms with E-state index in [2.05, 4.69) is 144 Å². The topological polar surface area (TPSA) is 102 Å². The number of methoxy groups -OCH3 is 11. The molecule has 0 aliphatic heterocycles. The summed E-state index contributed by atoms with van der Waals surface area (Å²) in [5.74, 6) is 3.55. The average molecular weight is 1090 g/mol. The van der Waals surface area contributed by atoms with Crippen LogP contribution in [0.3, 0.4) is 0 Å². The van der Waals surface area contributed by atoms with Crippen molar-refractivity contribution in [2.24, 2.45) is 0 Å². The Morgan fingerprint density at radius 3 is 0.675 bits per heavy atom. The molecule has 0 aliphatic rings. The summed E-state index contributed by atoms with van der Waals surface area (Å²) < 4.78 is 50.9. The van der Waals surface area contributed by atoms with Crippen LogP contribution in [0.5, 0.6) is 23.0 Å². The highest BCUT2D eigenvalue weighted by atomic mass is 32.2. The summed E-state index contributed by atoms with van der Waals surface area (Å²) in [7, 11) is 26.2. The summed E-state index contributed by atoms with van der Waals surface area (Å²) in [5, 5.41) is 2.62. The van der Waals surface area contributed by atoms with Crippen LogP contribution in [-0.2, 0) is 45.0 Å². The Morgan fingerprint density at radius 2 is 0.506 bits per heavy atom. The molecule has 0 N–H and O–H groups in total. The number of hydrogen-bond acceptors (Lipinski definition) is 12. The quantitative estimate of drug-likeness (QED) is 0.122. The van der Waals surface area contributed by atoms with Gasteiger partial charge in [0.15, 0.2) is 0 Å². The molecule has 7 aromatic carbocycles. The van der Waals surface area contributed by atoms with Crippen molar-refractivity contribution in [3.05, 3.63) is 204 Å². The summed E-state index contributed by atoms with van der Waals surface area (Å²) in [6.45, 7) is 4.83. The van der Waals surface area contributed by atoms with Gasteiger partial charge in [-0.1, -0.05) is 162 Å². The van der Waals surface area contributed by atoms with E-state index in [0.717, 1.165) is 29.4 Å². The van der Waals surface area contributed by atoms with Gasteiger partial charge in [0.1, 0.15) is 29.8 Å². The Labute approximate surface area is 473 Å². The van der Waals surface area contributed by atoms with Crippen LogP contribution >= 0.6 is 11.8 Å². The molecule has 0 aliphatic carbocycles. The van der Waals surface area contributed by atoms with Crippen LogP contribution in [0.25, 0.3) is 10.8 Å². The molecule has 0 aromatic heterocycles. The third-order valence-corrected chi connectivity index (χ3v) is 8.91. The van der Waals surface area contributed by atoms with Crippen LogP contribution in [0.15, 0.2) is 182 Å². The highest BCUT2D eigenvalue weighted by Gasteiger charge is 2.23. The zero-order chi connectivity index (χ0) is 57.4. The molecular weight excluding hydrogens is 989 g/mol. The first-order chi connectivity index (χ1) is 36.3. The zero-order valence-electron chi connectivity index (χ0n) is 49.1. The minimum Gasteiger partial charge on any atom is -0.497 e. The highest BCUT2D eigenvalue weighted by Crippen LogP contribution is 2.33. The van der Waals surface area contributed by atoms with Crippen molar-refractivity contribution in [1.29, 1.82) is 0 Å². The number of ether oxygens (including phenoxy) is 11. The monoisotopic (exact) mass is 1090 g/mol. The number of hydrogen-bond donors (Lipinski definition) is 0. The molecule has 0 spiro atoms. The predicted molar refractivity (Wildman–Crippen MR) is 334 cm³/mol. The summed E-state index contributed by atoms with van der Waals surface area (Å²) in [6.07, 6.45) is 5.01. The average Bonchev–Trinajstić information content (AvgIpc) is 3.44. The fourth-order valence-corrected chi connectivity index (χ4v) is 5.54. The molecule has 0 radical (unpaired) electrons. The second-order valence-electron chi connectivity index (χ2n) is 15.6. The van der Waals surface area contributed by atoms with Gasteiger partial charge in [-0.3, -0.25) is 0 Å². The second-order valence-corrected chi connectivity index (χ2v) is 16.4.